The molecule has 2 aromatic rings. The van der Waals surface area contributed by atoms with Crippen LogP contribution in [0.25, 0.3) is 0 Å². The van der Waals surface area contributed by atoms with Gasteiger partial charge in [-0.3, -0.25) is 4.79 Å². The van der Waals surface area contributed by atoms with E-state index in [-0.39, 0.29) is 16.1 Å². The number of rotatable bonds is 6. The number of carbonyl (C=O) groups excluding carboxylic acids is 1. The lowest BCUT2D eigenvalue weighted by molar-refractivity contribution is -0.137. The number of nitrogens with one attached hydrogen (secondary N) is 2. The third-order valence-electron chi connectivity index (χ3n) is 4.14. The molecule has 2 aromatic carbocycles. The van der Waals surface area contributed by atoms with Gasteiger partial charge in [-0.2, -0.15) is 13.2 Å². The Morgan fingerprint density at radius 2 is 1.74 bits per heavy atom. The molecule has 1 fully saturated rings. The van der Waals surface area contributed by atoms with Crippen molar-refractivity contribution in [3.05, 3.63) is 59.7 Å². The van der Waals surface area contributed by atoms with E-state index in [1.807, 2.05) is 0 Å². The zero-order chi connectivity index (χ0) is 19.7. The first-order valence-corrected chi connectivity index (χ1v) is 9.72. The van der Waals surface area contributed by atoms with E-state index >= 15 is 0 Å². The third kappa shape index (κ3) is 5.08. The van der Waals surface area contributed by atoms with Crippen molar-refractivity contribution in [1.82, 2.24) is 4.72 Å². The van der Waals surface area contributed by atoms with Crippen LogP contribution >= 0.6 is 0 Å². The van der Waals surface area contributed by atoms with Crippen molar-refractivity contribution in [3.63, 3.8) is 0 Å². The zero-order valence-corrected chi connectivity index (χ0v) is 14.9. The van der Waals surface area contributed by atoms with E-state index in [4.69, 9.17) is 0 Å². The molecular formula is C18H17F3N2O3S. The first kappa shape index (κ1) is 19.4. The van der Waals surface area contributed by atoms with Crippen LogP contribution in [-0.4, -0.2) is 20.9 Å². The van der Waals surface area contributed by atoms with Gasteiger partial charge in [0.05, 0.1) is 10.5 Å². The van der Waals surface area contributed by atoms with E-state index < -0.39 is 27.7 Å². The van der Waals surface area contributed by atoms with E-state index in [2.05, 4.69) is 10.0 Å². The predicted molar refractivity (Wildman–Crippen MR) is 93.8 cm³/mol. The largest absolute Gasteiger partial charge is 0.416 e. The van der Waals surface area contributed by atoms with E-state index in [1.165, 1.54) is 24.3 Å². The van der Waals surface area contributed by atoms with E-state index in [1.54, 1.807) is 0 Å². The van der Waals surface area contributed by atoms with Crippen LogP contribution in [0.15, 0.2) is 53.4 Å². The Balaban J connectivity index is 1.71. The Kier molecular flexibility index (Phi) is 5.25. The summed E-state index contributed by atoms with van der Waals surface area (Å²) in [5, 5.41) is 2.45. The summed E-state index contributed by atoms with van der Waals surface area (Å²) in [6.07, 6.45) is -2.46. The molecule has 0 radical (unpaired) electrons. The van der Waals surface area contributed by atoms with Crippen molar-refractivity contribution in [3.8, 4) is 0 Å². The van der Waals surface area contributed by atoms with Gasteiger partial charge in [0, 0.05) is 17.8 Å². The maximum absolute atomic E-state index is 12.6. The van der Waals surface area contributed by atoms with E-state index in [0.717, 1.165) is 37.1 Å². The number of carbonyl (C=O) groups is 1. The maximum Gasteiger partial charge on any atom is 0.416 e. The van der Waals surface area contributed by atoms with Crippen molar-refractivity contribution in [2.24, 2.45) is 5.92 Å². The van der Waals surface area contributed by atoms with Crippen LogP contribution in [0.2, 0.25) is 0 Å². The minimum atomic E-state index is -4.46. The Morgan fingerprint density at radius 1 is 1.07 bits per heavy atom. The number of sulfonamides is 1. The highest BCUT2D eigenvalue weighted by Gasteiger charge is 2.30. The molecule has 0 bridgehead atoms. The summed E-state index contributed by atoms with van der Waals surface area (Å²) in [4.78, 5) is 12.3. The third-order valence-corrected chi connectivity index (χ3v) is 5.56. The van der Waals surface area contributed by atoms with E-state index in [9.17, 15) is 26.4 Å². The maximum atomic E-state index is 12.6. The summed E-state index contributed by atoms with van der Waals surface area (Å²) in [5.41, 5.74) is -0.562. The molecule has 0 heterocycles. The van der Waals surface area contributed by atoms with Crippen LogP contribution in [0.4, 0.5) is 18.9 Å². The number of alkyl halides is 3. The Labute approximate surface area is 154 Å². The Bertz CT molecular complexity index is 937. The van der Waals surface area contributed by atoms with Crippen molar-refractivity contribution >= 4 is 21.6 Å². The standard InChI is InChI=1S/C18H17F3N2O3S/c19-18(20,21)14-6-8-15(9-7-14)23-17(24)13-2-1-3-16(10-13)27(25,26)22-11-12-4-5-12/h1-3,6-10,12,22H,4-5,11H2,(H,23,24). The molecule has 27 heavy (non-hydrogen) atoms. The van der Waals surface area contributed by atoms with Crippen molar-refractivity contribution in [2.45, 2.75) is 23.9 Å². The SMILES string of the molecule is O=C(Nc1ccc(C(F)(F)F)cc1)c1cccc(S(=O)(=O)NCC2CC2)c1. The normalized spacial score (nSPS) is 14.8. The molecule has 9 heteroatoms. The van der Waals surface area contributed by atoms with Gasteiger partial charge in [0.25, 0.3) is 5.91 Å². The van der Waals surface area contributed by atoms with Gasteiger partial charge in [-0.15, -0.1) is 0 Å². The summed E-state index contributed by atoms with van der Waals surface area (Å²) in [7, 11) is -3.72. The highest BCUT2D eigenvalue weighted by molar-refractivity contribution is 7.89. The van der Waals surface area contributed by atoms with Crippen molar-refractivity contribution < 1.29 is 26.4 Å². The molecule has 1 amide bonds. The van der Waals surface area contributed by atoms with Gasteiger partial charge < -0.3 is 5.32 Å². The molecule has 3 rings (SSSR count). The van der Waals surface area contributed by atoms with Crippen LogP contribution in [0.5, 0.6) is 0 Å². The number of hydrogen-bond donors (Lipinski definition) is 2. The fourth-order valence-electron chi connectivity index (χ4n) is 2.38. The van der Waals surface area contributed by atoms with Gasteiger partial charge in [0.2, 0.25) is 10.0 Å². The van der Waals surface area contributed by atoms with Crippen LogP contribution in [0.3, 0.4) is 0 Å². The van der Waals surface area contributed by atoms with Crippen molar-refractivity contribution in [1.29, 1.82) is 0 Å². The van der Waals surface area contributed by atoms with Gasteiger partial charge in [0.15, 0.2) is 0 Å². The molecule has 0 spiro atoms. The van der Waals surface area contributed by atoms with Gasteiger partial charge in [-0.1, -0.05) is 6.07 Å². The second kappa shape index (κ2) is 7.32. The second-order valence-electron chi connectivity index (χ2n) is 6.35. The number of anilines is 1. The first-order chi connectivity index (χ1) is 12.6. The lowest BCUT2D eigenvalue weighted by Crippen LogP contribution is -2.26. The predicted octanol–water partition coefficient (Wildman–Crippen LogP) is 3.65. The van der Waals surface area contributed by atoms with Crippen molar-refractivity contribution in [2.75, 3.05) is 11.9 Å². The molecule has 1 saturated carbocycles. The van der Waals surface area contributed by atoms with Gasteiger partial charge in [-0.05, 0) is 61.2 Å². The van der Waals surface area contributed by atoms with Crippen LogP contribution in [0, 0.1) is 5.92 Å². The monoisotopic (exact) mass is 398 g/mol. The molecule has 144 valence electrons. The lowest BCUT2D eigenvalue weighted by Gasteiger charge is -2.10. The molecule has 5 nitrogen and oxygen atoms in total. The average Bonchev–Trinajstić information content (AvgIpc) is 3.44. The lowest BCUT2D eigenvalue weighted by atomic mass is 10.2. The smallest absolute Gasteiger partial charge is 0.322 e. The molecule has 0 atom stereocenters. The molecule has 0 aromatic heterocycles. The molecule has 1 aliphatic carbocycles. The molecule has 1 aliphatic rings. The topological polar surface area (TPSA) is 75.3 Å². The summed E-state index contributed by atoms with van der Waals surface area (Å²) < 4.78 is 64.8. The summed E-state index contributed by atoms with van der Waals surface area (Å²) >= 11 is 0. The van der Waals surface area contributed by atoms with Crippen LogP contribution in [0.1, 0.15) is 28.8 Å². The minimum absolute atomic E-state index is 0.0387. The molecule has 0 unspecified atom stereocenters. The van der Waals surface area contributed by atoms with Gasteiger partial charge >= 0.3 is 6.18 Å². The van der Waals surface area contributed by atoms with Gasteiger partial charge in [0.1, 0.15) is 0 Å². The highest BCUT2D eigenvalue weighted by atomic mass is 32.2. The Hall–Kier alpha value is -2.39. The Morgan fingerprint density at radius 3 is 2.33 bits per heavy atom. The number of amides is 1. The highest BCUT2D eigenvalue weighted by Crippen LogP contribution is 2.30. The minimum Gasteiger partial charge on any atom is -0.322 e. The number of benzene rings is 2. The molecule has 0 saturated heterocycles. The fraction of sp³-hybridized carbons (Fsp3) is 0.278. The summed E-state index contributed by atoms with van der Waals surface area (Å²) in [5.74, 6) is -0.250. The second-order valence-corrected chi connectivity index (χ2v) is 8.12. The van der Waals surface area contributed by atoms with Gasteiger partial charge in [-0.25, -0.2) is 13.1 Å². The molecular weight excluding hydrogens is 381 g/mol. The quantitative estimate of drug-likeness (QED) is 0.780. The zero-order valence-electron chi connectivity index (χ0n) is 14.1. The number of hydrogen-bond acceptors (Lipinski definition) is 3. The fourth-order valence-corrected chi connectivity index (χ4v) is 3.54. The van der Waals surface area contributed by atoms with Crippen LogP contribution in [-0.2, 0) is 16.2 Å². The summed E-state index contributed by atoms with van der Waals surface area (Å²) in [6.45, 7) is 0.365. The first-order valence-electron chi connectivity index (χ1n) is 8.23. The van der Waals surface area contributed by atoms with Crippen LogP contribution < -0.4 is 10.0 Å². The summed E-state index contributed by atoms with van der Waals surface area (Å²) in [6, 6.07) is 9.47. The number of halogens is 3. The molecule has 0 aliphatic heterocycles. The van der Waals surface area contributed by atoms with E-state index in [0.29, 0.717) is 12.5 Å². The average molecular weight is 398 g/mol. The molecule has 2 N–H and O–H groups in total.